The molecule has 108 valence electrons. The zero-order chi connectivity index (χ0) is 14.4. The van der Waals surface area contributed by atoms with Gasteiger partial charge < -0.3 is 14.2 Å². The molecule has 4 heteroatoms. The average molecular weight is 282 g/mol. The fourth-order valence-corrected chi connectivity index (χ4v) is 3.40. The van der Waals surface area contributed by atoms with Crippen molar-refractivity contribution in [2.75, 3.05) is 6.61 Å². The first kappa shape index (κ1) is 12.7. The number of amides is 1. The van der Waals surface area contributed by atoms with E-state index in [1.807, 2.05) is 35.4 Å². The van der Waals surface area contributed by atoms with E-state index in [0.29, 0.717) is 6.61 Å². The summed E-state index contributed by atoms with van der Waals surface area (Å²) in [6.07, 6.45) is 2.50. The zero-order valence-corrected chi connectivity index (χ0v) is 12.0. The summed E-state index contributed by atoms with van der Waals surface area (Å²) < 4.78 is 7.89. The van der Waals surface area contributed by atoms with Crippen LogP contribution in [0.5, 0.6) is 0 Å². The van der Waals surface area contributed by atoms with Crippen molar-refractivity contribution in [2.24, 2.45) is 0 Å². The predicted molar refractivity (Wildman–Crippen MR) is 78.6 cm³/mol. The molecule has 0 N–H and O–H groups in total. The van der Waals surface area contributed by atoms with Crippen LogP contribution in [0.1, 0.15) is 30.5 Å². The van der Waals surface area contributed by atoms with Gasteiger partial charge in [0.2, 0.25) is 5.91 Å². The van der Waals surface area contributed by atoms with Crippen molar-refractivity contribution in [3.05, 3.63) is 59.9 Å². The van der Waals surface area contributed by atoms with E-state index in [1.54, 1.807) is 0 Å². The Morgan fingerprint density at radius 1 is 1.19 bits per heavy atom. The number of ether oxygens (including phenoxy) is 1. The van der Waals surface area contributed by atoms with Crippen molar-refractivity contribution in [1.29, 1.82) is 0 Å². The summed E-state index contributed by atoms with van der Waals surface area (Å²) in [6, 6.07) is 14.2. The Labute approximate surface area is 123 Å². The molecule has 1 aromatic heterocycles. The van der Waals surface area contributed by atoms with Crippen LogP contribution in [0.2, 0.25) is 0 Å². The van der Waals surface area contributed by atoms with Gasteiger partial charge in [-0.25, -0.2) is 0 Å². The van der Waals surface area contributed by atoms with Crippen LogP contribution in [0.15, 0.2) is 48.7 Å². The van der Waals surface area contributed by atoms with Gasteiger partial charge in [0.05, 0.1) is 18.3 Å². The van der Waals surface area contributed by atoms with Gasteiger partial charge in [-0.1, -0.05) is 30.3 Å². The van der Waals surface area contributed by atoms with Gasteiger partial charge in [0.1, 0.15) is 6.04 Å². The number of rotatable bonds is 2. The van der Waals surface area contributed by atoms with Crippen molar-refractivity contribution in [2.45, 2.75) is 31.7 Å². The second-order valence-electron chi connectivity index (χ2n) is 5.83. The maximum absolute atomic E-state index is 12.9. The molecule has 3 heterocycles. The third-order valence-corrected chi connectivity index (χ3v) is 4.43. The lowest BCUT2D eigenvalue weighted by Gasteiger charge is -2.37. The molecule has 21 heavy (non-hydrogen) atoms. The summed E-state index contributed by atoms with van der Waals surface area (Å²) in [6.45, 7) is 2.66. The summed E-state index contributed by atoms with van der Waals surface area (Å²) >= 11 is 0. The van der Waals surface area contributed by atoms with E-state index in [2.05, 4.69) is 29.7 Å². The molecule has 1 fully saturated rings. The van der Waals surface area contributed by atoms with Gasteiger partial charge in [-0.15, -0.1) is 0 Å². The number of aromatic nitrogens is 1. The number of hydrogen-bond donors (Lipinski definition) is 0. The first-order valence-electron chi connectivity index (χ1n) is 7.40. The highest BCUT2D eigenvalue weighted by Crippen LogP contribution is 2.39. The molecular formula is C17H18N2O2. The van der Waals surface area contributed by atoms with Gasteiger partial charge in [0.25, 0.3) is 0 Å². The summed E-state index contributed by atoms with van der Waals surface area (Å²) in [4.78, 5) is 14.8. The molecule has 0 spiro atoms. The van der Waals surface area contributed by atoms with E-state index < -0.39 is 0 Å². The fraction of sp³-hybridized carbons (Fsp3) is 0.353. The highest BCUT2D eigenvalue weighted by Gasteiger charge is 2.45. The van der Waals surface area contributed by atoms with E-state index in [0.717, 1.165) is 12.1 Å². The predicted octanol–water partition coefficient (Wildman–Crippen LogP) is 2.53. The van der Waals surface area contributed by atoms with Crippen molar-refractivity contribution in [3.8, 4) is 0 Å². The molecule has 2 aliphatic rings. The first-order valence-corrected chi connectivity index (χ1v) is 7.40. The topological polar surface area (TPSA) is 34.5 Å². The lowest BCUT2D eigenvalue weighted by atomic mass is 10.0. The summed E-state index contributed by atoms with van der Waals surface area (Å²) in [7, 11) is 0. The Kier molecular flexibility index (Phi) is 2.86. The minimum Gasteiger partial charge on any atom is -0.350 e. The molecule has 0 radical (unpaired) electrons. The Hall–Kier alpha value is -2.07. The molecular weight excluding hydrogens is 264 g/mol. The minimum atomic E-state index is -0.213. The summed E-state index contributed by atoms with van der Waals surface area (Å²) in [5.74, 6) is 0.164. The van der Waals surface area contributed by atoms with Crippen LogP contribution in [0.25, 0.3) is 0 Å². The molecule has 3 atom stereocenters. The van der Waals surface area contributed by atoms with Gasteiger partial charge in [0.15, 0.2) is 6.23 Å². The molecule has 4 nitrogen and oxygen atoms in total. The third-order valence-electron chi connectivity index (χ3n) is 4.43. The number of hydrogen-bond acceptors (Lipinski definition) is 2. The molecule has 2 aromatic rings. The second kappa shape index (κ2) is 4.74. The summed E-state index contributed by atoms with van der Waals surface area (Å²) in [5, 5.41) is 0. The van der Waals surface area contributed by atoms with Crippen molar-refractivity contribution in [3.63, 3.8) is 0 Å². The summed E-state index contributed by atoms with van der Waals surface area (Å²) in [5.41, 5.74) is 2.27. The maximum Gasteiger partial charge on any atom is 0.248 e. The van der Waals surface area contributed by atoms with Crippen LogP contribution in [0.4, 0.5) is 0 Å². The molecule has 1 aromatic carbocycles. The van der Waals surface area contributed by atoms with E-state index in [1.165, 1.54) is 5.56 Å². The van der Waals surface area contributed by atoms with Crippen LogP contribution in [0.3, 0.4) is 0 Å². The van der Waals surface area contributed by atoms with Crippen LogP contribution in [0, 0.1) is 0 Å². The molecule has 2 aliphatic heterocycles. The van der Waals surface area contributed by atoms with Gasteiger partial charge >= 0.3 is 0 Å². The number of carbonyl (C=O) groups is 1. The lowest BCUT2D eigenvalue weighted by molar-refractivity contribution is -0.145. The van der Waals surface area contributed by atoms with E-state index in [-0.39, 0.29) is 24.2 Å². The minimum absolute atomic E-state index is 0.143. The van der Waals surface area contributed by atoms with Crippen LogP contribution in [-0.2, 0) is 16.0 Å². The number of carbonyl (C=O) groups excluding carboxylic acids is 1. The van der Waals surface area contributed by atoms with Gasteiger partial charge in [-0.05, 0) is 24.6 Å². The van der Waals surface area contributed by atoms with E-state index in [4.69, 9.17) is 4.74 Å². The quantitative estimate of drug-likeness (QED) is 0.848. The van der Waals surface area contributed by atoms with Crippen LogP contribution < -0.4 is 0 Å². The van der Waals surface area contributed by atoms with Gasteiger partial charge in [-0.3, -0.25) is 4.79 Å². The monoisotopic (exact) mass is 282 g/mol. The van der Waals surface area contributed by atoms with Gasteiger partial charge in [-0.2, -0.15) is 0 Å². The van der Waals surface area contributed by atoms with E-state index in [9.17, 15) is 4.79 Å². The van der Waals surface area contributed by atoms with Crippen molar-refractivity contribution >= 4 is 5.91 Å². The molecule has 0 bridgehead atoms. The molecule has 1 amide bonds. The molecule has 0 saturated carbocycles. The fourth-order valence-electron chi connectivity index (χ4n) is 3.40. The van der Waals surface area contributed by atoms with Gasteiger partial charge in [0, 0.05) is 12.6 Å². The largest absolute Gasteiger partial charge is 0.350 e. The standard InChI is InChI=1S/C17H18N2O2/c1-12-11-21-17-14-8-5-9-18(14)15(16(20)19(12)17)10-13-6-3-2-4-7-13/h2-9,12,15,17H,10-11H2,1H3/t12-,15-,17?/m0/s1. The second-order valence-corrected chi connectivity index (χ2v) is 5.83. The van der Waals surface area contributed by atoms with Crippen LogP contribution >= 0.6 is 0 Å². The Bertz CT molecular complexity index is 664. The smallest absolute Gasteiger partial charge is 0.248 e. The normalized spacial score (nSPS) is 27.6. The average Bonchev–Trinajstić information content (AvgIpc) is 3.11. The maximum atomic E-state index is 12.9. The third kappa shape index (κ3) is 1.90. The molecule has 1 saturated heterocycles. The SMILES string of the molecule is C[C@H]1COC2c3cccn3[C@@H](Cc3ccccc3)C(=O)N21. The Morgan fingerprint density at radius 2 is 2.00 bits per heavy atom. The number of nitrogens with zero attached hydrogens (tertiary/aromatic N) is 2. The Balaban J connectivity index is 1.74. The number of fused-ring (bicyclic) bond motifs is 3. The lowest BCUT2D eigenvalue weighted by Crippen LogP contribution is -2.46. The zero-order valence-electron chi connectivity index (χ0n) is 12.0. The van der Waals surface area contributed by atoms with E-state index >= 15 is 0 Å². The van der Waals surface area contributed by atoms with Crippen LogP contribution in [-0.4, -0.2) is 28.0 Å². The molecule has 4 rings (SSSR count). The van der Waals surface area contributed by atoms with Crippen molar-refractivity contribution in [1.82, 2.24) is 9.47 Å². The van der Waals surface area contributed by atoms with Crippen molar-refractivity contribution < 1.29 is 9.53 Å². The Morgan fingerprint density at radius 3 is 2.81 bits per heavy atom. The number of benzene rings is 1. The first-order chi connectivity index (χ1) is 10.3. The highest BCUT2D eigenvalue weighted by atomic mass is 16.5. The highest BCUT2D eigenvalue weighted by molar-refractivity contribution is 5.83. The molecule has 0 aliphatic carbocycles. The molecule has 1 unspecified atom stereocenters.